The maximum absolute atomic E-state index is 12.5. The second-order valence-electron chi connectivity index (χ2n) is 5.90. The number of halogens is 2. The van der Waals surface area contributed by atoms with Crippen LogP contribution in [-0.4, -0.2) is 20.5 Å². The van der Waals surface area contributed by atoms with Crippen LogP contribution < -0.4 is 0 Å². The third-order valence-corrected chi connectivity index (χ3v) is 3.77. The average molecular weight is 342 g/mol. The number of ketones is 1. The Hall–Kier alpha value is -1.43. The van der Waals surface area contributed by atoms with Gasteiger partial charge in [0.05, 0.1) is 16.7 Å². The summed E-state index contributed by atoms with van der Waals surface area (Å²) in [5.74, 6) is -0.0851. The number of Topliss-reactive ketones (excluding diaryl/α,β-unsaturated/α-hetero) is 1. The van der Waals surface area contributed by atoms with Crippen LogP contribution in [0.25, 0.3) is 0 Å². The van der Waals surface area contributed by atoms with E-state index < -0.39 is 11.6 Å². The van der Waals surface area contributed by atoms with Crippen LogP contribution in [0.2, 0.25) is 10.0 Å². The molecule has 7 heteroatoms. The van der Waals surface area contributed by atoms with E-state index in [0.717, 1.165) is 5.56 Å². The topological polar surface area (TPSA) is 57.0 Å². The zero-order valence-corrected chi connectivity index (χ0v) is 14.1. The van der Waals surface area contributed by atoms with Crippen LogP contribution in [0.5, 0.6) is 0 Å². The first-order valence-electron chi connectivity index (χ1n) is 6.73. The minimum absolute atomic E-state index is 0.0851. The Bertz CT molecular complexity index is 651. The van der Waals surface area contributed by atoms with Crippen molar-refractivity contribution in [2.24, 2.45) is 5.41 Å². The molecular weight excluding hydrogens is 325 g/mol. The molecule has 22 heavy (non-hydrogen) atoms. The maximum Gasteiger partial charge on any atom is 0.211 e. The third kappa shape index (κ3) is 4.06. The van der Waals surface area contributed by atoms with Gasteiger partial charge in [0.25, 0.3) is 0 Å². The van der Waals surface area contributed by atoms with E-state index in [-0.39, 0.29) is 12.4 Å². The molecule has 0 spiro atoms. The molecule has 0 bridgehead atoms. The van der Waals surface area contributed by atoms with Gasteiger partial charge in [-0.2, -0.15) is 5.10 Å². The van der Waals surface area contributed by atoms with Crippen LogP contribution in [0.3, 0.4) is 0 Å². The van der Waals surface area contributed by atoms with Crippen molar-refractivity contribution in [1.29, 1.82) is 0 Å². The quantitative estimate of drug-likeness (QED) is 0.827. The maximum atomic E-state index is 12.5. The van der Waals surface area contributed by atoms with Gasteiger partial charge in [0.2, 0.25) is 6.23 Å². The SMILES string of the molecule is CC(C)(C)C(=O)C(OCc1ccc(Cl)c(Cl)c1)n1cncn1. The Morgan fingerprint density at radius 2 is 2.05 bits per heavy atom. The number of benzene rings is 1. The van der Waals surface area contributed by atoms with Crippen molar-refractivity contribution in [3.8, 4) is 0 Å². The van der Waals surface area contributed by atoms with Gasteiger partial charge in [-0.3, -0.25) is 4.79 Å². The Balaban J connectivity index is 2.17. The summed E-state index contributed by atoms with van der Waals surface area (Å²) in [4.78, 5) is 16.4. The largest absolute Gasteiger partial charge is 0.345 e. The lowest BCUT2D eigenvalue weighted by Crippen LogP contribution is -2.32. The number of hydrogen-bond donors (Lipinski definition) is 0. The van der Waals surface area contributed by atoms with Crippen molar-refractivity contribution < 1.29 is 9.53 Å². The number of aromatic nitrogens is 3. The molecule has 0 amide bonds. The minimum atomic E-state index is -0.836. The second kappa shape index (κ2) is 6.77. The van der Waals surface area contributed by atoms with Gasteiger partial charge in [0.15, 0.2) is 5.78 Å². The van der Waals surface area contributed by atoms with Crippen LogP contribution in [0.15, 0.2) is 30.9 Å². The molecule has 0 saturated carbocycles. The van der Waals surface area contributed by atoms with E-state index in [4.69, 9.17) is 27.9 Å². The average Bonchev–Trinajstić information content (AvgIpc) is 2.95. The minimum Gasteiger partial charge on any atom is -0.345 e. The van der Waals surface area contributed by atoms with Crippen LogP contribution in [-0.2, 0) is 16.1 Å². The molecule has 1 atom stereocenters. The highest BCUT2D eigenvalue weighted by Gasteiger charge is 2.32. The summed E-state index contributed by atoms with van der Waals surface area (Å²) in [6, 6.07) is 5.21. The zero-order valence-electron chi connectivity index (χ0n) is 12.6. The van der Waals surface area contributed by atoms with Gasteiger partial charge in [-0.05, 0) is 17.7 Å². The molecule has 0 fully saturated rings. The molecule has 118 valence electrons. The van der Waals surface area contributed by atoms with Gasteiger partial charge < -0.3 is 4.74 Å². The lowest BCUT2D eigenvalue weighted by Gasteiger charge is -2.24. The number of carbonyl (C=O) groups is 1. The molecule has 2 rings (SSSR count). The van der Waals surface area contributed by atoms with Crippen molar-refractivity contribution in [1.82, 2.24) is 14.8 Å². The van der Waals surface area contributed by atoms with E-state index >= 15 is 0 Å². The zero-order chi connectivity index (χ0) is 16.3. The Morgan fingerprint density at radius 1 is 1.32 bits per heavy atom. The predicted octanol–water partition coefficient (Wildman–Crippen LogP) is 3.92. The molecule has 0 aliphatic carbocycles. The highest BCUT2D eigenvalue weighted by molar-refractivity contribution is 6.42. The van der Waals surface area contributed by atoms with Crippen molar-refractivity contribution in [3.63, 3.8) is 0 Å². The smallest absolute Gasteiger partial charge is 0.211 e. The van der Waals surface area contributed by atoms with E-state index in [1.165, 1.54) is 17.3 Å². The number of hydrogen-bond acceptors (Lipinski definition) is 4. The lowest BCUT2D eigenvalue weighted by molar-refractivity contribution is -0.147. The predicted molar refractivity (Wildman–Crippen MR) is 84.8 cm³/mol. The van der Waals surface area contributed by atoms with Gasteiger partial charge >= 0.3 is 0 Å². The van der Waals surface area contributed by atoms with Crippen LogP contribution >= 0.6 is 23.2 Å². The lowest BCUT2D eigenvalue weighted by atomic mass is 9.90. The van der Waals surface area contributed by atoms with E-state index in [2.05, 4.69) is 10.1 Å². The van der Waals surface area contributed by atoms with E-state index in [1.807, 2.05) is 20.8 Å². The van der Waals surface area contributed by atoms with Gasteiger partial charge in [-0.1, -0.05) is 50.0 Å². The Kier molecular flexibility index (Phi) is 5.21. The molecule has 1 heterocycles. The van der Waals surface area contributed by atoms with Gasteiger partial charge in [0.1, 0.15) is 12.7 Å². The standard InChI is InChI=1S/C15H17Cl2N3O2/c1-15(2,3)13(21)14(20-9-18-8-19-20)22-7-10-4-5-11(16)12(17)6-10/h4-6,8-9,14H,7H2,1-3H3. The summed E-state index contributed by atoms with van der Waals surface area (Å²) in [6.45, 7) is 5.72. The first kappa shape index (κ1) is 16.9. The second-order valence-corrected chi connectivity index (χ2v) is 6.72. The molecule has 1 unspecified atom stereocenters. The number of ether oxygens (including phenoxy) is 1. The van der Waals surface area contributed by atoms with Crippen molar-refractivity contribution in [3.05, 3.63) is 46.5 Å². The molecule has 0 radical (unpaired) electrons. The van der Waals surface area contributed by atoms with Crippen LogP contribution in [0.1, 0.15) is 32.6 Å². The monoisotopic (exact) mass is 341 g/mol. The number of nitrogens with zero attached hydrogens (tertiary/aromatic N) is 3. The third-order valence-electron chi connectivity index (χ3n) is 3.03. The van der Waals surface area contributed by atoms with Gasteiger partial charge in [-0.15, -0.1) is 0 Å². The Labute approximate surface area is 139 Å². The fraction of sp³-hybridized carbons (Fsp3) is 0.400. The molecule has 1 aromatic heterocycles. The fourth-order valence-corrected chi connectivity index (χ4v) is 2.11. The summed E-state index contributed by atoms with van der Waals surface area (Å²) in [5, 5.41) is 4.93. The molecule has 2 aromatic rings. The van der Waals surface area contributed by atoms with Crippen molar-refractivity contribution in [2.75, 3.05) is 0 Å². The normalized spacial score (nSPS) is 13.1. The fourth-order valence-electron chi connectivity index (χ4n) is 1.79. The molecule has 0 saturated heterocycles. The van der Waals surface area contributed by atoms with E-state index in [0.29, 0.717) is 10.0 Å². The molecular formula is C15H17Cl2N3O2. The molecule has 5 nitrogen and oxygen atoms in total. The van der Waals surface area contributed by atoms with Crippen LogP contribution in [0.4, 0.5) is 0 Å². The highest BCUT2D eigenvalue weighted by Crippen LogP contribution is 2.26. The van der Waals surface area contributed by atoms with E-state index in [9.17, 15) is 4.79 Å². The summed E-state index contributed by atoms with van der Waals surface area (Å²) < 4.78 is 7.17. The van der Waals surface area contributed by atoms with Crippen LogP contribution in [0, 0.1) is 5.41 Å². The van der Waals surface area contributed by atoms with Gasteiger partial charge in [0, 0.05) is 5.41 Å². The first-order chi connectivity index (χ1) is 10.3. The summed E-state index contributed by atoms with van der Waals surface area (Å²) >= 11 is 11.9. The number of rotatable bonds is 5. The highest BCUT2D eigenvalue weighted by atomic mass is 35.5. The van der Waals surface area contributed by atoms with Crippen molar-refractivity contribution >= 4 is 29.0 Å². The van der Waals surface area contributed by atoms with Crippen molar-refractivity contribution in [2.45, 2.75) is 33.6 Å². The Morgan fingerprint density at radius 3 is 2.59 bits per heavy atom. The first-order valence-corrected chi connectivity index (χ1v) is 7.48. The van der Waals surface area contributed by atoms with Gasteiger partial charge in [-0.25, -0.2) is 9.67 Å². The molecule has 0 N–H and O–H groups in total. The number of carbonyl (C=O) groups excluding carboxylic acids is 1. The summed E-state index contributed by atoms with van der Waals surface area (Å²) in [7, 11) is 0. The molecule has 0 aliphatic rings. The molecule has 0 aliphatic heterocycles. The van der Waals surface area contributed by atoms with E-state index in [1.54, 1.807) is 18.2 Å². The summed E-state index contributed by atoms with van der Waals surface area (Å²) in [6.07, 6.45) is 1.99. The molecule has 1 aromatic carbocycles. The summed E-state index contributed by atoms with van der Waals surface area (Å²) in [5.41, 5.74) is 0.259.